The van der Waals surface area contributed by atoms with Gasteiger partial charge in [-0.05, 0) is 62.1 Å². The van der Waals surface area contributed by atoms with Gasteiger partial charge in [0, 0.05) is 17.3 Å². The van der Waals surface area contributed by atoms with Crippen LogP contribution in [0.2, 0.25) is 0 Å². The number of carbonyl (C=O) groups is 2. The lowest BCUT2D eigenvalue weighted by molar-refractivity contribution is -0.118. The van der Waals surface area contributed by atoms with Crippen LogP contribution in [-0.2, 0) is 11.2 Å². The summed E-state index contributed by atoms with van der Waals surface area (Å²) in [5.41, 5.74) is 4.93. The number of rotatable bonds is 3. The van der Waals surface area contributed by atoms with Crippen LogP contribution in [0.4, 0.5) is 5.69 Å². The molecule has 0 fully saturated rings. The Hall–Kier alpha value is -2.62. The van der Waals surface area contributed by atoms with Gasteiger partial charge in [-0.15, -0.1) is 0 Å². The van der Waals surface area contributed by atoms with Crippen molar-refractivity contribution in [3.8, 4) is 0 Å². The highest BCUT2D eigenvalue weighted by atomic mass is 16.2. The number of carbonyl (C=O) groups excluding carboxylic acids is 2. The third-order valence-electron chi connectivity index (χ3n) is 4.65. The Kier molecular flexibility index (Phi) is 4.38. The first-order valence-electron chi connectivity index (χ1n) is 8.23. The predicted octanol–water partition coefficient (Wildman–Crippen LogP) is 3.01. The van der Waals surface area contributed by atoms with E-state index in [9.17, 15) is 9.59 Å². The Labute approximate surface area is 142 Å². The van der Waals surface area contributed by atoms with E-state index in [4.69, 9.17) is 0 Å². The SMILES string of the molecule is Cc1ccc(C(=O)NCC(=O)N2c3ccccc3CC2C)cc1C. The number of anilines is 1. The highest BCUT2D eigenvalue weighted by Crippen LogP contribution is 2.31. The van der Waals surface area contributed by atoms with Gasteiger partial charge >= 0.3 is 0 Å². The fourth-order valence-corrected chi connectivity index (χ4v) is 3.17. The minimum absolute atomic E-state index is 0.00440. The molecule has 0 saturated heterocycles. The van der Waals surface area contributed by atoms with E-state index in [0.29, 0.717) is 5.56 Å². The van der Waals surface area contributed by atoms with Gasteiger partial charge in [0.2, 0.25) is 5.91 Å². The van der Waals surface area contributed by atoms with E-state index >= 15 is 0 Å². The monoisotopic (exact) mass is 322 g/mol. The summed E-state index contributed by atoms with van der Waals surface area (Å²) < 4.78 is 0. The smallest absolute Gasteiger partial charge is 0.251 e. The number of fused-ring (bicyclic) bond motifs is 1. The summed E-state index contributed by atoms with van der Waals surface area (Å²) in [6, 6.07) is 13.6. The van der Waals surface area contributed by atoms with E-state index in [2.05, 4.69) is 5.32 Å². The molecule has 0 spiro atoms. The summed E-state index contributed by atoms with van der Waals surface area (Å²) in [6.45, 7) is 6.01. The zero-order chi connectivity index (χ0) is 17.3. The molecule has 1 aliphatic heterocycles. The van der Waals surface area contributed by atoms with Crippen LogP contribution in [0, 0.1) is 13.8 Å². The Morgan fingerprint density at radius 1 is 1.12 bits per heavy atom. The number of aryl methyl sites for hydroxylation is 2. The molecule has 4 heteroatoms. The topological polar surface area (TPSA) is 49.4 Å². The molecule has 0 radical (unpaired) electrons. The van der Waals surface area contributed by atoms with E-state index in [1.54, 1.807) is 11.0 Å². The van der Waals surface area contributed by atoms with Gasteiger partial charge in [-0.3, -0.25) is 9.59 Å². The van der Waals surface area contributed by atoms with Crippen LogP contribution in [0.1, 0.15) is 34.0 Å². The predicted molar refractivity (Wildman–Crippen MR) is 95.3 cm³/mol. The summed E-state index contributed by atoms with van der Waals surface area (Å²) in [5.74, 6) is -0.295. The van der Waals surface area contributed by atoms with Crippen LogP contribution in [0.25, 0.3) is 0 Å². The van der Waals surface area contributed by atoms with Crippen LogP contribution < -0.4 is 10.2 Å². The first-order chi connectivity index (χ1) is 11.5. The second-order valence-electron chi connectivity index (χ2n) is 6.43. The second-order valence-corrected chi connectivity index (χ2v) is 6.43. The van der Waals surface area contributed by atoms with Gasteiger partial charge in [0.25, 0.3) is 5.91 Å². The number of para-hydroxylation sites is 1. The molecule has 0 aliphatic carbocycles. The van der Waals surface area contributed by atoms with Crippen molar-refractivity contribution < 1.29 is 9.59 Å². The number of hydrogen-bond donors (Lipinski definition) is 1. The number of hydrogen-bond acceptors (Lipinski definition) is 2. The molecule has 2 amide bonds. The summed E-state index contributed by atoms with van der Waals surface area (Å²) in [4.78, 5) is 26.6. The first-order valence-corrected chi connectivity index (χ1v) is 8.23. The maximum atomic E-state index is 12.6. The van der Waals surface area contributed by atoms with Gasteiger partial charge in [-0.1, -0.05) is 24.3 Å². The van der Waals surface area contributed by atoms with Crippen molar-refractivity contribution in [2.45, 2.75) is 33.2 Å². The summed E-state index contributed by atoms with van der Waals surface area (Å²) >= 11 is 0. The van der Waals surface area contributed by atoms with Gasteiger partial charge in [-0.25, -0.2) is 0 Å². The largest absolute Gasteiger partial charge is 0.343 e. The third-order valence-corrected chi connectivity index (χ3v) is 4.65. The molecule has 0 bridgehead atoms. The fraction of sp³-hybridized carbons (Fsp3) is 0.300. The summed E-state index contributed by atoms with van der Waals surface area (Å²) in [5, 5.41) is 2.74. The minimum Gasteiger partial charge on any atom is -0.343 e. The highest BCUT2D eigenvalue weighted by Gasteiger charge is 2.30. The van der Waals surface area contributed by atoms with Gasteiger partial charge in [-0.2, -0.15) is 0 Å². The molecule has 4 nitrogen and oxygen atoms in total. The van der Waals surface area contributed by atoms with Crippen molar-refractivity contribution in [2.75, 3.05) is 11.4 Å². The van der Waals surface area contributed by atoms with E-state index in [1.165, 1.54) is 5.56 Å². The van der Waals surface area contributed by atoms with E-state index < -0.39 is 0 Å². The molecule has 3 rings (SSSR count). The quantitative estimate of drug-likeness (QED) is 0.944. The first kappa shape index (κ1) is 16.2. The van der Waals surface area contributed by atoms with Crippen molar-refractivity contribution in [3.05, 3.63) is 64.7 Å². The molecule has 124 valence electrons. The number of nitrogens with zero attached hydrogens (tertiary/aromatic N) is 1. The molecule has 0 saturated carbocycles. The van der Waals surface area contributed by atoms with E-state index in [0.717, 1.165) is 23.2 Å². The minimum atomic E-state index is -0.216. The molecular formula is C20H22N2O2. The molecule has 1 atom stereocenters. The number of amides is 2. The highest BCUT2D eigenvalue weighted by molar-refractivity contribution is 6.01. The molecule has 0 aromatic heterocycles. The van der Waals surface area contributed by atoms with Crippen LogP contribution in [-0.4, -0.2) is 24.4 Å². The van der Waals surface area contributed by atoms with E-state index in [1.807, 2.05) is 57.2 Å². The number of benzene rings is 2. The Bertz CT molecular complexity index is 798. The van der Waals surface area contributed by atoms with Gasteiger partial charge < -0.3 is 10.2 Å². The van der Waals surface area contributed by atoms with Crippen LogP contribution in [0.3, 0.4) is 0 Å². The van der Waals surface area contributed by atoms with Crippen molar-refractivity contribution in [1.82, 2.24) is 5.32 Å². The lowest BCUT2D eigenvalue weighted by Crippen LogP contribution is -2.43. The normalized spacial score (nSPS) is 16.0. The lowest BCUT2D eigenvalue weighted by atomic mass is 10.1. The van der Waals surface area contributed by atoms with E-state index in [-0.39, 0.29) is 24.4 Å². The van der Waals surface area contributed by atoms with Crippen molar-refractivity contribution >= 4 is 17.5 Å². The third kappa shape index (κ3) is 3.04. The average molecular weight is 322 g/mol. The molecule has 1 heterocycles. The standard InChI is InChI=1S/C20H22N2O2/c1-13-8-9-17(10-14(13)2)20(24)21-12-19(23)22-15(3)11-16-6-4-5-7-18(16)22/h4-10,15H,11-12H2,1-3H3,(H,21,24). The summed E-state index contributed by atoms with van der Waals surface area (Å²) in [6.07, 6.45) is 0.854. The second kappa shape index (κ2) is 6.48. The van der Waals surface area contributed by atoms with Crippen LogP contribution >= 0.6 is 0 Å². The zero-order valence-electron chi connectivity index (χ0n) is 14.3. The molecular weight excluding hydrogens is 300 g/mol. The molecule has 2 aromatic rings. The number of nitrogens with one attached hydrogen (secondary N) is 1. The Morgan fingerprint density at radius 2 is 1.88 bits per heavy atom. The lowest BCUT2D eigenvalue weighted by Gasteiger charge is -2.23. The van der Waals surface area contributed by atoms with Crippen molar-refractivity contribution in [2.24, 2.45) is 0 Å². The Morgan fingerprint density at radius 3 is 2.62 bits per heavy atom. The van der Waals surface area contributed by atoms with Crippen LogP contribution in [0.5, 0.6) is 0 Å². The zero-order valence-corrected chi connectivity index (χ0v) is 14.3. The Balaban J connectivity index is 1.67. The van der Waals surface area contributed by atoms with Crippen molar-refractivity contribution in [1.29, 1.82) is 0 Å². The average Bonchev–Trinajstić information content (AvgIpc) is 2.90. The maximum Gasteiger partial charge on any atom is 0.251 e. The molecule has 24 heavy (non-hydrogen) atoms. The van der Waals surface area contributed by atoms with Gasteiger partial charge in [0.15, 0.2) is 0 Å². The van der Waals surface area contributed by atoms with Crippen molar-refractivity contribution in [3.63, 3.8) is 0 Å². The molecule has 1 N–H and O–H groups in total. The summed E-state index contributed by atoms with van der Waals surface area (Å²) in [7, 11) is 0. The fourth-order valence-electron chi connectivity index (χ4n) is 3.17. The maximum absolute atomic E-state index is 12.6. The molecule has 1 aliphatic rings. The van der Waals surface area contributed by atoms with Gasteiger partial charge in [0.1, 0.15) is 0 Å². The van der Waals surface area contributed by atoms with Gasteiger partial charge in [0.05, 0.1) is 6.54 Å². The van der Waals surface area contributed by atoms with Crippen LogP contribution in [0.15, 0.2) is 42.5 Å². The molecule has 1 unspecified atom stereocenters. The molecule has 2 aromatic carbocycles.